The number of hydrogen-bond donors (Lipinski definition) is 1. The highest BCUT2D eigenvalue weighted by atomic mass is 16.6. The number of ether oxygens (including phenoxy) is 2. The molecule has 1 N–H and O–H groups in total. The van der Waals surface area contributed by atoms with E-state index < -0.39 is 11.6 Å². The van der Waals surface area contributed by atoms with Crippen molar-refractivity contribution >= 4 is 34.6 Å². The predicted molar refractivity (Wildman–Crippen MR) is 167 cm³/mol. The quantitative estimate of drug-likeness (QED) is 0.373. The van der Waals surface area contributed by atoms with Crippen LogP contribution in [0.25, 0.3) is 10.8 Å². The van der Waals surface area contributed by atoms with Crippen molar-refractivity contribution in [3.05, 3.63) is 82.9 Å². The molecule has 0 radical (unpaired) electrons. The molecule has 3 aromatic carbocycles. The number of nitrogens with zero attached hydrogens (tertiary/aromatic N) is 2. The van der Waals surface area contributed by atoms with Gasteiger partial charge in [-0.2, -0.15) is 0 Å². The molecule has 1 fully saturated rings. The summed E-state index contributed by atoms with van der Waals surface area (Å²) >= 11 is 0. The number of hydrogen-bond acceptors (Lipinski definition) is 6. The molecular formula is C35H41N3O6. The van der Waals surface area contributed by atoms with Crippen molar-refractivity contribution in [2.75, 3.05) is 19.7 Å². The summed E-state index contributed by atoms with van der Waals surface area (Å²) in [7, 11) is 0. The largest absolute Gasteiger partial charge is 0.462 e. The smallest absolute Gasteiger partial charge is 0.410 e. The van der Waals surface area contributed by atoms with Gasteiger partial charge in [0.2, 0.25) is 11.8 Å². The average Bonchev–Trinajstić information content (AvgIpc) is 3.43. The van der Waals surface area contributed by atoms with E-state index in [1.54, 1.807) is 28.9 Å². The molecule has 2 aliphatic rings. The first-order valence-corrected chi connectivity index (χ1v) is 15.3. The van der Waals surface area contributed by atoms with Crippen LogP contribution in [0.15, 0.2) is 60.7 Å². The maximum atomic E-state index is 14.0. The van der Waals surface area contributed by atoms with Gasteiger partial charge in [-0.25, -0.2) is 9.59 Å². The number of benzene rings is 3. The van der Waals surface area contributed by atoms with Crippen molar-refractivity contribution in [2.45, 2.75) is 71.7 Å². The van der Waals surface area contributed by atoms with Crippen LogP contribution in [0.1, 0.15) is 67.6 Å². The van der Waals surface area contributed by atoms with Gasteiger partial charge < -0.3 is 24.6 Å². The molecule has 0 saturated carbocycles. The third-order valence-electron chi connectivity index (χ3n) is 8.14. The molecule has 1 atom stereocenters. The molecule has 2 aliphatic heterocycles. The molecule has 9 heteroatoms. The number of rotatable bonds is 7. The Morgan fingerprint density at radius 2 is 1.59 bits per heavy atom. The molecule has 1 unspecified atom stereocenters. The van der Waals surface area contributed by atoms with E-state index in [-0.39, 0.29) is 36.4 Å². The molecule has 0 aliphatic carbocycles. The zero-order valence-corrected chi connectivity index (χ0v) is 25.9. The summed E-state index contributed by atoms with van der Waals surface area (Å²) in [5.74, 6) is -1.07. The number of carbonyl (C=O) groups is 4. The molecule has 0 aromatic heterocycles. The van der Waals surface area contributed by atoms with Gasteiger partial charge in [-0.3, -0.25) is 9.59 Å². The second-order valence-corrected chi connectivity index (χ2v) is 12.6. The van der Waals surface area contributed by atoms with Gasteiger partial charge in [-0.1, -0.05) is 48.5 Å². The Hall–Kier alpha value is -4.40. The first-order chi connectivity index (χ1) is 21.0. The lowest BCUT2D eigenvalue weighted by molar-refractivity contribution is -0.138. The van der Waals surface area contributed by atoms with Gasteiger partial charge in [0.1, 0.15) is 11.6 Å². The molecule has 0 bridgehead atoms. The highest BCUT2D eigenvalue weighted by Gasteiger charge is 2.34. The number of carbonyl (C=O) groups excluding carboxylic acids is 4. The summed E-state index contributed by atoms with van der Waals surface area (Å²) in [6.45, 7) is 9.12. The van der Waals surface area contributed by atoms with Crippen LogP contribution in [0.5, 0.6) is 0 Å². The van der Waals surface area contributed by atoms with Crippen LogP contribution in [-0.4, -0.2) is 65.0 Å². The van der Waals surface area contributed by atoms with Crippen molar-refractivity contribution in [3.63, 3.8) is 0 Å². The Kier molecular flexibility index (Phi) is 9.22. The second kappa shape index (κ2) is 13.1. The van der Waals surface area contributed by atoms with Crippen molar-refractivity contribution < 1.29 is 28.7 Å². The van der Waals surface area contributed by atoms with Crippen molar-refractivity contribution in [2.24, 2.45) is 5.92 Å². The normalized spacial score (nSPS) is 15.9. The summed E-state index contributed by atoms with van der Waals surface area (Å²) in [4.78, 5) is 55.8. The van der Waals surface area contributed by atoms with Gasteiger partial charge in [0.25, 0.3) is 0 Å². The zero-order chi connectivity index (χ0) is 31.4. The number of esters is 1. The minimum absolute atomic E-state index is 0.174. The molecule has 5 rings (SSSR count). The fourth-order valence-corrected chi connectivity index (χ4v) is 5.85. The van der Waals surface area contributed by atoms with E-state index in [0.717, 1.165) is 27.5 Å². The average molecular weight is 600 g/mol. The lowest BCUT2D eigenvalue weighted by Gasteiger charge is -2.33. The minimum Gasteiger partial charge on any atom is -0.462 e. The van der Waals surface area contributed by atoms with E-state index >= 15 is 0 Å². The number of likely N-dealkylation sites (tertiary alicyclic amines) is 1. The fraction of sp³-hybridized carbons (Fsp3) is 0.429. The summed E-state index contributed by atoms with van der Waals surface area (Å²) in [5.41, 5.74) is 2.69. The molecule has 44 heavy (non-hydrogen) atoms. The Bertz CT molecular complexity index is 1550. The van der Waals surface area contributed by atoms with E-state index in [0.29, 0.717) is 51.0 Å². The minimum atomic E-state index is -0.772. The van der Waals surface area contributed by atoms with Crippen molar-refractivity contribution in [1.82, 2.24) is 15.1 Å². The highest BCUT2D eigenvalue weighted by Crippen LogP contribution is 2.27. The molecule has 9 nitrogen and oxygen atoms in total. The van der Waals surface area contributed by atoms with E-state index in [1.807, 2.05) is 63.2 Å². The van der Waals surface area contributed by atoms with Crippen molar-refractivity contribution in [3.8, 4) is 0 Å². The SMILES string of the molecule is CCOC(=O)c1ccc2c(c1)CN(C(=O)C(Cc1ccc3ccccc3c1)NC(=O)C1CCN(C(=O)OC(C)(C)C)CC1)C2. The van der Waals surface area contributed by atoms with Crippen LogP contribution in [0.4, 0.5) is 4.79 Å². The van der Waals surface area contributed by atoms with E-state index in [9.17, 15) is 19.2 Å². The summed E-state index contributed by atoms with van der Waals surface area (Å²) < 4.78 is 10.6. The van der Waals surface area contributed by atoms with Gasteiger partial charge in [0.05, 0.1) is 12.2 Å². The van der Waals surface area contributed by atoms with E-state index in [1.165, 1.54) is 0 Å². The van der Waals surface area contributed by atoms with Gasteiger partial charge in [0.15, 0.2) is 0 Å². The maximum absolute atomic E-state index is 14.0. The van der Waals surface area contributed by atoms with E-state index in [4.69, 9.17) is 9.47 Å². The highest BCUT2D eigenvalue weighted by molar-refractivity contribution is 5.91. The zero-order valence-electron chi connectivity index (χ0n) is 25.9. The topological polar surface area (TPSA) is 105 Å². The maximum Gasteiger partial charge on any atom is 0.410 e. The second-order valence-electron chi connectivity index (χ2n) is 12.6. The molecule has 2 heterocycles. The Morgan fingerprint density at radius 1 is 0.886 bits per heavy atom. The van der Waals surface area contributed by atoms with Gasteiger partial charge >= 0.3 is 12.1 Å². The standard InChI is InChI=1S/C35H41N3O6/c1-5-43-33(41)27-12-13-28-21-38(22-29(28)20-27)32(40)30(19-23-10-11-24-8-6-7-9-26(24)18-23)36-31(39)25-14-16-37(17-15-25)34(42)44-35(2,3)4/h6-13,18,20,25,30H,5,14-17,19,21-22H2,1-4H3,(H,36,39). The third kappa shape index (κ3) is 7.38. The van der Waals surface area contributed by atoms with Crippen LogP contribution >= 0.6 is 0 Å². The Labute approximate surface area is 258 Å². The predicted octanol–water partition coefficient (Wildman–Crippen LogP) is 5.23. The molecule has 0 spiro atoms. The fourth-order valence-electron chi connectivity index (χ4n) is 5.85. The van der Waals surface area contributed by atoms with Gasteiger partial charge in [0, 0.05) is 38.5 Å². The first-order valence-electron chi connectivity index (χ1n) is 15.3. The number of amides is 3. The van der Waals surface area contributed by atoms with Crippen LogP contribution in [-0.2, 0) is 38.6 Å². The number of nitrogens with one attached hydrogen (secondary N) is 1. The Balaban J connectivity index is 1.30. The number of piperidine rings is 1. The number of fused-ring (bicyclic) bond motifs is 2. The van der Waals surface area contributed by atoms with Gasteiger partial charge in [-0.05, 0) is 80.1 Å². The summed E-state index contributed by atoms with van der Waals surface area (Å²) in [6, 6.07) is 18.7. The van der Waals surface area contributed by atoms with Gasteiger partial charge in [-0.15, -0.1) is 0 Å². The third-order valence-corrected chi connectivity index (χ3v) is 8.14. The molecule has 1 saturated heterocycles. The van der Waals surface area contributed by atoms with E-state index in [2.05, 4.69) is 11.4 Å². The Morgan fingerprint density at radius 3 is 2.30 bits per heavy atom. The molecular weight excluding hydrogens is 558 g/mol. The van der Waals surface area contributed by atoms with Crippen LogP contribution in [0.3, 0.4) is 0 Å². The molecule has 3 aromatic rings. The summed E-state index contributed by atoms with van der Waals surface area (Å²) in [6.07, 6.45) is 0.953. The van der Waals surface area contributed by atoms with Crippen LogP contribution in [0, 0.1) is 5.92 Å². The lowest BCUT2D eigenvalue weighted by atomic mass is 9.94. The van der Waals surface area contributed by atoms with Crippen molar-refractivity contribution in [1.29, 1.82) is 0 Å². The molecule has 3 amide bonds. The van der Waals surface area contributed by atoms with Crippen LogP contribution < -0.4 is 5.32 Å². The molecule has 232 valence electrons. The monoisotopic (exact) mass is 599 g/mol. The first kappa shape index (κ1) is 31.0. The summed E-state index contributed by atoms with van der Waals surface area (Å²) in [5, 5.41) is 5.25. The van der Waals surface area contributed by atoms with Crippen LogP contribution in [0.2, 0.25) is 0 Å². The lowest BCUT2D eigenvalue weighted by Crippen LogP contribution is -2.51.